The number of imide groups is 1. The fraction of sp³-hybridized carbons (Fsp3) is 0.370. The molecule has 1 aliphatic heterocycles. The van der Waals surface area contributed by atoms with Crippen LogP contribution in [0.1, 0.15) is 37.7 Å². The fourth-order valence-electron chi connectivity index (χ4n) is 6.19. The van der Waals surface area contributed by atoms with Gasteiger partial charge in [-0.05, 0) is 75.2 Å². The molecule has 1 heterocycles. The van der Waals surface area contributed by atoms with E-state index in [1.807, 2.05) is 6.08 Å². The van der Waals surface area contributed by atoms with Gasteiger partial charge in [0.1, 0.15) is 0 Å². The number of phenolic OH excluding ortho intramolecular Hbond substituents is 1. The van der Waals surface area contributed by atoms with Gasteiger partial charge in [0, 0.05) is 33.7 Å². The SMILES string of the molecule is COc1cc(C2C3=CCC4C(=O)N(CCC(=O)O)C(=O)C4C3CC3=C2C(=O)C(C)=CC3=O)c(Br)c(Br)c1O. The molecule has 3 aliphatic carbocycles. The minimum Gasteiger partial charge on any atom is -0.503 e. The van der Waals surface area contributed by atoms with Crippen molar-refractivity contribution in [2.24, 2.45) is 17.8 Å². The van der Waals surface area contributed by atoms with E-state index in [4.69, 9.17) is 9.84 Å². The van der Waals surface area contributed by atoms with Crippen LogP contribution in [0.25, 0.3) is 0 Å². The highest BCUT2D eigenvalue weighted by molar-refractivity contribution is 9.13. The van der Waals surface area contributed by atoms with Crippen molar-refractivity contribution >= 4 is 61.2 Å². The summed E-state index contributed by atoms with van der Waals surface area (Å²) in [6.07, 6.45) is 3.18. The number of halogens is 2. The molecule has 1 aromatic carbocycles. The van der Waals surface area contributed by atoms with E-state index in [1.54, 1.807) is 13.0 Å². The number of amides is 2. The summed E-state index contributed by atoms with van der Waals surface area (Å²) in [5.41, 5.74) is 2.22. The summed E-state index contributed by atoms with van der Waals surface area (Å²) < 4.78 is 6.13. The number of ketones is 2. The molecule has 4 atom stereocenters. The number of carboxylic acids is 1. The standard InChI is InChI=1S/C27H23Br2NO8/c1-10-7-16(31)14-8-13-11(3-4-12-20(13)27(37)30(26(12)36)6-5-18(32)33)19(21(14)24(10)34)15-9-17(38-2)25(35)23(29)22(15)28/h3,7,9,12-13,19-20,35H,4-6,8H2,1-2H3,(H,32,33). The number of phenols is 1. The van der Waals surface area contributed by atoms with Gasteiger partial charge in [0.2, 0.25) is 11.8 Å². The lowest BCUT2D eigenvalue weighted by molar-refractivity contribution is -0.142. The molecule has 0 saturated carbocycles. The van der Waals surface area contributed by atoms with E-state index in [1.165, 1.54) is 13.2 Å². The molecule has 4 aliphatic rings. The number of aliphatic carboxylic acids is 1. The summed E-state index contributed by atoms with van der Waals surface area (Å²) in [5.74, 6) is -5.28. The number of aromatic hydroxyl groups is 1. The fourth-order valence-corrected chi connectivity index (χ4v) is 7.14. The quantitative estimate of drug-likeness (QED) is 0.279. The zero-order chi connectivity index (χ0) is 27.6. The first-order valence-corrected chi connectivity index (χ1v) is 13.6. The number of hydrogen-bond donors (Lipinski definition) is 2. The lowest BCUT2D eigenvalue weighted by Crippen LogP contribution is -2.40. The molecule has 0 aromatic heterocycles. The number of Topliss-reactive ketones (excluding diaryl/α,β-unsaturated/α-hetero) is 1. The molecule has 0 bridgehead atoms. The highest BCUT2D eigenvalue weighted by Gasteiger charge is 2.56. The number of carboxylic acid groups (broad SMARTS) is 1. The van der Waals surface area contributed by atoms with E-state index in [9.17, 15) is 29.1 Å². The van der Waals surface area contributed by atoms with Gasteiger partial charge in [-0.15, -0.1) is 0 Å². The average Bonchev–Trinajstić information content (AvgIpc) is 3.13. The summed E-state index contributed by atoms with van der Waals surface area (Å²) in [4.78, 5) is 65.5. The third-order valence-electron chi connectivity index (χ3n) is 7.91. The van der Waals surface area contributed by atoms with Gasteiger partial charge in [0.05, 0.1) is 29.8 Å². The van der Waals surface area contributed by atoms with Crippen molar-refractivity contribution in [3.8, 4) is 11.5 Å². The van der Waals surface area contributed by atoms with Crippen LogP contribution < -0.4 is 4.74 Å². The van der Waals surface area contributed by atoms with E-state index in [0.29, 0.717) is 31.2 Å². The molecular formula is C27H23Br2NO8. The van der Waals surface area contributed by atoms with Crippen molar-refractivity contribution in [1.82, 2.24) is 4.90 Å². The van der Waals surface area contributed by atoms with Crippen molar-refractivity contribution < 1.29 is 38.9 Å². The minimum absolute atomic E-state index is 0.118. The molecular weight excluding hydrogens is 626 g/mol. The molecule has 1 aromatic rings. The van der Waals surface area contributed by atoms with Crippen molar-refractivity contribution in [2.45, 2.75) is 32.1 Å². The Bertz CT molecular complexity index is 1440. The predicted molar refractivity (Wildman–Crippen MR) is 140 cm³/mol. The van der Waals surface area contributed by atoms with E-state index in [2.05, 4.69) is 31.9 Å². The Morgan fingerprint density at radius 2 is 1.84 bits per heavy atom. The predicted octanol–water partition coefficient (Wildman–Crippen LogP) is 3.83. The number of carbonyl (C=O) groups is 5. The maximum atomic E-state index is 13.5. The van der Waals surface area contributed by atoms with Crippen LogP contribution in [0.5, 0.6) is 11.5 Å². The van der Waals surface area contributed by atoms with Crippen molar-refractivity contribution in [1.29, 1.82) is 0 Å². The van der Waals surface area contributed by atoms with Crippen LogP contribution in [0.4, 0.5) is 0 Å². The number of ether oxygens (including phenoxy) is 1. The number of benzene rings is 1. The summed E-state index contributed by atoms with van der Waals surface area (Å²) in [5, 5.41) is 19.6. The van der Waals surface area contributed by atoms with Gasteiger partial charge >= 0.3 is 5.97 Å². The zero-order valence-corrected chi connectivity index (χ0v) is 23.6. The highest BCUT2D eigenvalue weighted by atomic mass is 79.9. The second kappa shape index (κ2) is 9.60. The summed E-state index contributed by atoms with van der Waals surface area (Å²) in [6.45, 7) is 1.37. The van der Waals surface area contributed by atoms with E-state index in [0.717, 1.165) is 10.5 Å². The molecule has 38 heavy (non-hydrogen) atoms. The molecule has 1 saturated heterocycles. The van der Waals surface area contributed by atoms with Crippen LogP contribution in [-0.2, 0) is 24.0 Å². The summed E-state index contributed by atoms with van der Waals surface area (Å²) in [6, 6.07) is 1.60. The smallest absolute Gasteiger partial charge is 0.305 e. The molecule has 2 N–H and O–H groups in total. The first-order chi connectivity index (χ1) is 18.0. The third kappa shape index (κ3) is 3.89. The monoisotopic (exact) mass is 647 g/mol. The zero-order valence-electron chi connectivity index (χ0n) is 20.4. The highest BCUT2D eigenvalue weighted by Crippen LogP contribution is 2.57. The van der Waals surface area contributed by atoms with E-state index >= 15 is 0 Å². The van der Waals surface area contributed by atoms with Crippen molar-refractivity contribution in [2.75, 3.05) is 13.7 Å². The number of hydrogen-bond acceptors (Lipinski definition) is 7. The Hall–Kier alpha value is -3.05. The first kappa shape index (κ1) is 26.6. The third-order valence-corrected chi connectivity index (χ3v) is 10.1. The number of nitrogens with zero attached hydrogens (tertiary/aromatic N) is 1. The second-order valence-corrected chi connectivity index (χ2v) is 11.4. The Labute approximate surface area is 234 Å². The second-order valence-electron chi connectivity index (χ2n) is 9.85. The number of fused-ring (bicyclic) bond motifs is 3. The number of rotatable bonds is 5. The minimum atomic E-state index is -1.11. The van der Waals surface area contributed by atoms with Gasteiger partial charge in [-0.1, -0.05) is 11.6 Å². The maximum Gasteiger partial charge on any atom is 0.305 e. The Balaban J connectivity index is 1.69. The van der Waals surface area contributed by atoms with Crippen molar-refractivity contribution in [3.05, 3.63) is 55.0 Å². The van der Waals surface area contributed by atoms with Gasteiger partial charge in [-0.3, -0.25) is 28.9 Å². The van der Waals surface area contributed by atoms with Crippen LogP contribution in [0.3, 0.4) is 0 Å². The number of likely N-dealkylation sites (tertiary alicyclic amines) is 1. The maximum absolute atomic E-state index is 13.5. The molecule has 1 fully saturated rings. The van der Waals surface area contributed by atoms with Crippen LogP contribution in [0.15, 0.2) is 49.5 Å². The lowest BCUT2D eigenvalue weighted by atomic mass is 9.59. The van der Waals surface area contributed by atoms with Crippen LogP contribution in [0.2, 0.25) is 0 Å². The van der Waals surface area contributed by atoms with E-state index in [-0.39, 0.29) is 48.9 Å². The largest absolute Gasteiger partial charge is 0.503 e. The Kier molecular flexibility index (Phi) is 6.71. The molecule has 9 nitrogen and oxygen atoms in total. The van der Waals surface area contributed by atoms with Crippen LogP contribution in [-0.4, -0.2) is 58.1 Å². The summed E-state index contributed by atoms with van der Waals surface area (Å²) >= 11 is 6.90. The van der Waals surface area contributed by atoms with Gasteiger partial charge in [0.25, 0.3) is 0 Å². The molecule has 4 unspecified atom stereocenters. The topological polar surface area (TPSA) is 138 Å². The molecule has 0 radical (unpaired) electrons. The number of methoxy groups -OCH3 is 1. The lowest BCUT2D eigenvalue weighted by Gasteiger charge is -2.42. The molecule has 2 amide bonds. The first-order valence-electron chi connectivity index (χ1n) is 12.0. The van der Waals surface area contributed by atoms with Crippen LogP contribution >= 0.6 is 31.9 Å². The Morgan fingerprint density at radius 3 is 2.50 bits per heavy atom. The van der Waals surface area contributed by atoms with Gasteiger partial charge in [-0.2, -0.15) is 0 Å². The molecule has 11 heteroatoms. The van der Waals surface area contributed by atoms with Crippen LogP contribution in [0, 0.1) is 17.8 Å². The molecule has 0 spiro atoms. The number of allylic oxidation sites excluding steroid dienone is 6. The number of carbonyl (C=O) groups excluding carboxylic acids is 4. The Morgan fingerprint density at radius 1 is 1.13 bits per heavy atom. The van der Waals surface area contributed by atoms with Crippen molar-refractivity contribution in [3.63, 3.8) is 0 Å². The molecule has 198 valence electrons. The normalized spacial score (nSPS) is 26.6. The van der Waals surface area contributed by atoms with Gasteiger partial charge < -0.3 is 14.9 Å². The van der Waals surface area contributed by atoms with Gasteiger partial charge in [0.15, 0.2) is 23.1 Å². The van der Waals surface area contributed by atoms with E-state index < -0.39 is 41.5 Å². The average molecular weight is 649 g/mol. The molecule has 5 rings (SSSR count). The van der Waals surface area contributed by atoms with Gasteiger partial charge in [-0.25, -0.2) is 0 Å². The summed E-state index contributed by atoms with van der Waals surface area (Å²) in [7, 11) is 1.40.